The van der Waals surface area contributed by atoms with Gasteiger partial charge in [0.25, 0.3) is 0 Å². The molecule has 0 saturated heterocycles. The van der Waals surface area contributed by atoms with Crippen molar-refractivity contribution < 1.29 is 29.3 Å². The van der Waals surface area contributed by atoms with E-state index in [0.717, 1.165) is 16.5 Å². The number of benzene rings is 1. The average molecular weight is 379 g/mol. The van der Waals surface area contributed by atoms with Crippen molar-refractivity contribution in [3.63, 3.8) is 0 Å². The summed E-state index contributed by atoms with van der Waals surface area (Å²) in [5, 5.41) is 18.6. The summed E-state index contributed by atoms with van der Waals surface area (Å²) in [6.07, 6.45) is 3.58. The number of hydrogen-bond acceptors (Lipinski definition) is 3. The number of hydrogen-bond donors (Lipinski definition) is 4. The third-order valence-electron chi connectivity index (χ3n) is 4.15. The second-order valence-corrected chi connectivity index (χ2v) is 8.33. The first-order chi connectivity index (χ1) is 12.3. The van der Waals surface area contributed by atoms with Crippen molar-refractivity contribution in [2.24, 2.45) is 5.92 Å². The quantitative estimate of drug-likeness (QED) is 0.465. The summed E-state index contributed by atoms with van der Waals surface area (Å²) < 4.78 is 12.4. The van der Waals surface area contributed by atoms with Crippen LogP contribution in [0.5, 0.6) is 0 Å². The molecule has 0 amide bonds. The highest BCUT2D eigenvalue weighted by Gasteiger charge is 2.19. The summed E-state index contributed by atoms with van der Waals surface area (Å²) in [7, 11) is -3.54. The number of para-hydroxylation sites is 1. The second-order valence-electron chi connectivity index (χ2n) is 6.20. The Labute approximate surface area is 150 Å². The fourth-order valence-electron chi connectivity index (χ4n) is 2.78. The van der Waals surface area contributed by atoms with Gasteiger partial charge in [-0.1, -0.05) is 24.3 Å². The molecule has 1 aromatic carbocycles. The van der Waals surface area contributed by atoms with Crippen LogP contribution in [0.3, 0.4) is 0 Å². The van der Waals surface area contributed by atoms with Crippen molar-refractivity contribution in [3.05, 3.63) is 47.9 Å². The first-order valence-corrected chi connectivity index (χ1v) is 10.2. The minimum atomic E-state index is -3.54. The Morgan fingerprint density at radius 2 is 1.92 bits per heavy atom. The molecule has 140 valence electrons. The fourth-order valence-corrected chi connectivity index (χ4v) is 4.12. The van der Waals surface area contributed by atoms with Gasteiger partial charge in [-0.25, -0.2) is 0 Å². The van der Waals surface area contributed by atoms with E-state index in [0.29, 0.717) is 6.42 Å². The Kier molecular flexibility index (Phi) is 6.77. The summed E-state index contributed by atoms with van der Waals surface area (Å²) in [6, 6.07) is 7.51. The molecule has 26 heavy (non-hydrogen) atoms. The maximum atomic E-state index is 12.4. The van der Waals surface area contributed by atoms with Gasteiger partial charge in [-0.05, 0) is 36.7 Å². The Morgan fingerprint density at radius 3 is 2.62 bits per heavy atom. The maximum absolute atomic E-state index is 12.4. The molecule has 2 aromatic rings. The third kappa shape index (κ3) is 5.86. The average Bonchev–Trinajstić information content (AvgIpc) is 2.96. The molecule has 2 unspecified atom stereocenters. The molecule has 0 aliphatic carbocycles. The third-order valence-corrected chi connectivity index (χ3v) is 5.62. The number of carboxylic acids is 2. The molecule has 2 atom stereocenters. The summed E-state index contributed by atoms with van der Waals surface area (Å²) in [5.41, 5.74) is 1.65. The van der Waals surface area contributed by atoms with Crippen LogP contribution in [0.4, 0.5) is 0 Å². The van der Waals surface area contributed by atoms with E-state index in [1.807, 2.05) is 24.3 Å². The van der Waals surface area contributed by atoms with Crippen LogP contribution in [0.25, 0.3) is 10.9 Å². The van der Waals surface area contributed by atoms with E-state index in [9.17, 15) is 19.0 Å². The number of carboxylic acid groups (broad SMARTS) is 2. The van der Waals surface area contributed by atoms with Crippen LogP contribution in [-0.2, 0) is 20.3 Å². The number of allylic oxidation sites excluding steroid dienone is 1. The molecule has 0 fully saturated rings. The van der Waals surface area contributed by atoms with Gasteiger partial charge in [-0.15, -0.1) is 0 Å². The molecule has 0 radical (unpaired) electrons. The van der Waals surface area contributed by atoms with Gasteiger partial charge in [-0.3, -0.25) is 14.2 Å². The highest BCUT2D eigenvalue weighted by atomic mass is 31.2. The van der Waals surface area contributed by atoms with Gasteiger partial charge < -0.3 is 20.1 Å². The molecule has 0 aliphatic heterocycles. The monoisotopic (exact) mass is 379 g/mol. The summed E-state index contributed by atoms with van der Waals surface area (Å²) in [4.78, 5) is 34.9. The molecule has 0 bridgehead atoms. The van der Waals surface area contributed by atoms with Crippen molar-refractivity contribution in [2.45, 2.75) is 31.8 Å². The van der Waals surface area contributed by atoms with Gasteiger partial charge in [0.1, 0.15) is 0 Å². The standard InChI is InChI=1S/C18H22NO6P/c20-17(21)9-8-13(18(22)23)5-3-4-10-26(24,25)12-14-11-19-16-7-2-1-6-15(14)16/h1-2,4,6-7,10-11,13,19H,3,5,8-9,12H2,(H,20,21)(H,22,23)(H,24,25). The van der Waals surface area contributed by atoms with E-state index in [-0.39, 0.29) is 25.4 Å². The summed E-state index contributed by atoms with van der Waals surface area (Å²) in [6.45, 7) is 0. The summed E-state index contributed by atoms with van der Waals surface area (Å²) >= 11 is 0. The molecule has 8 heteroatoms. The van der Waals surface area contributed by atoms with Crippen molar-refractivity contribution in [3.8, 4) is 0 Å². The Hall–Kier alpha value is -2.37. The Morgan fingerprint density at radius 1 is 1.19 bits per heavy atom. The SMILES string of the molecule is O=C(O)CCC(CCC=CP(=O)(O)Cc1c[nH]c2ccccc12)C(=O)O. The number of aromatic amines is 1. The predicted molar refractivity (Wildman–Crippen MR) is 98.2 cm³/mol. The van der Waals surface area contributed by atoms with Gasteiger partial charge in [0.05, 0.1) is 12.1 Å². The normalized spacial score (nSPS) is 15.1. The van der Waals surface area contributed by atoms with Crippen molar-refractivity contribution in [2.75, 3.05) is 0 Å². The zero-order valence-corrected chi connectivity index (χ0v) is 15.1. The van der Waals surface area contributed by atoms with E-state index in [1.165, 1.54) is 11.9 Å². The Bertz CT molecular complexity index is 856. The number of rotatable bonds is 10. The molecule has 1 aromatic heterocycles. The van der Waals surface area contributed by atoms with Gasteiger partial charge in [-0.2, -0.15) is 0 Å². The topological polar surface area (TPSA) is 128 Å². The Balaban J connectivity index is 1.92. The van der Waals surface area contributed by atoms with E-state index in [2.05, 4.69) is 4.98 Å². The molecule has 0 saturated carbocycles. The molecular formula is C18H22NO6P. The van der Waals surface area contributed by atoms with Crippen LogP contribution >= 0.6 is 7.37 Å². The van der Waals surface area contributed by atoms with E-state index >= 15 is 0 Å². The van der Waals surface area contributed by atoms with Crippen LogP contribution in [0.2, 0.25) is 0 Å². The fraction of sp³-hybridized carbons (Fsp3) is 0.333. The molecule has 4 N–H and O–H groups in total. The van der Waals surface area contributed by atoms with Gasteiger partial charge in [0.2, 0.25) is 7.37 Å². The highest BCUT2D eigenvalue weighted by molar-refractivity contribution is 7.60. The van der Waals surface area contributed by atoms with Crippen LogP contribution in [0.1, 0.15) is 31.2 Å². The molecular weight excluding hydrogens is 357 g/mol. The van der Waals surface area contributed by atoms with Crippen molar-refractivity contribution >= 4 is 30.2 Å². The smallest absolute Gasteiger partial charge is 0.306 e. The number of fused-ring (bicyclic) bond motifs is 1. The zero-order chi connectivity index (χ0) is 19.2. The first kappa shape index (κ1) is 19.9. The number of aliphatic carboxylic acids is 2. The van der Waals surface area contributed by atoms with Crippen LogP contribution in [-0.4, -0.2) is 32.0 Å². The van der Waals surface area contributed by atoms with Gasteiger partial charge in [0, 0.05) is 23.5 Å². The van der Waals surface area contributed by atoms with Crippen molar-refractivity contribution in [1.29, 1.82) is 0 Å². The number of carbonyl (C=O) groups is 2. The van der Waals surface area contributed by atoms with E-state index < -0.39 is 25.2 Å². The largest absolute Gasteiger partial charge is 0.481 e. The first-order valence-electron chi connectivity index (χ1n) is 8.27. The number of aromatic nitrogens is 1. The minimum Gasteiger partial charge on any atom is -0.481 e. The zero-order valence-electron chi connectivity index (χ0n) is 14.2. The molecule has 0 spiro atoms. The lowest BCUT2D eigenvalue weighted by atomic mass is 9.98. The lowest BCUT2D eigenvalue weighted by Crippen LogP contribution is -2.15. The van der Waals surface area contributed by atoms with Crippen LogP contribution in [0.15, 0.2) is 42.4 Å². The lowest BCUT2D eigenvalue weighted by molar-refractivity contribution is -0.143. The van der Waals surface area contributed by atoms with Gasteiger partial charge >= 0.3 is 11.9 Å². The summed E-state index contributed by atoms with van der Waals surface area (Å²) in [5.74, 6) is -1.62. The molecule has 2 rings (SSSR count). The van der Waals surface area contributed by atoms with Gasteiger partial charge in [0.15, 0.2) is 0 Å². The highest BCUT2D eigenvalue weighted by Crippen LogP contribution is 2.47. The molecule has 1 heterocycles. The number of nitrogens with one attached hydrogen (secondary N) is 1. The minimum absolute atomic E-state index is 0.00507. The van der Waals surface area contributed by atoms with E-state index in [4.69, 9.17) is 10.2 Å². The molecule has 0 aliphatic rings. The maximum Gasteiger partial charge on any atom is 0.306 e. The van der Waals surface area contributed by atoms with Crippen LogP contribution < -0.4 is 0 Å². The predicted octanol–water partition coefficient (Wildman–Crippen LogP) is 3.80. The second kappa shape index (κ2) is 8.83. The van der Waals surface area contributed by atoms with Crippen molar-refractivity contribution in [1.82, 2.24) is 4.98 Å². The molecule has 7 nitrogen and oxygen atoms in total. The lowest BCUT2D eigenvalue weighted by Gasteiger charge is -2.09. The number of H-pyrrole nitrogens is 1. The van der Waals surface area contributed by atoms with E-state index in [1.54, 1.807) is 6.20 Å². The van der Waals surface area contributed by atoms with Crippen LogP contribution in [0, 0.1) is 5.92 Å².